The minimum atomic E-state index is -1.21. The van der Waals surface area contributed by atoms with Crippen molar-refractivity contribution in [1.29, 1.82) is 0 Å². The standard InChI is InChI=1S/C15H21N5O2/c1-19(2)14-12(16)7-10-6-11(8-17-13(10)18-14)20-5-3-4-15(20,22)9-21/h6-8,21-22H,3-5,9,16H2,1-2H3. The molecule has 2 aromatic heterocycles. The fraction of sp³-hybridized carbons (Fsp3) is 0.467. The zero-order chi connectivity index (χ0) is 15.9. The van der Waals surface area contributed by atoms with Crippen LogP contribution >= 0.6 is 0 Å². The van der Waals surface area contributed by atoms with Crippen LogP contribution in [0.25, 0.3) is 11.0 Å². The number of fused-ring (bicyclic) bond motifs is 1. The van der Waals surface area contributed by atoms with Crippen LogP contribution in [-0.2, 0) is 0 Å². The summed E-state index contributed by atoms with van der Waals surface area (Å²) in [4.78, 5) is 12.5. The fourth-order valence-electron chi connectivity index (χ4n) is 2.96. The summed E-state index contributed by atoms with van der Waals surface area (Å²) in [5, 5.41) is 20.7. The molecule has 7 nitrogen and oxygen atoms in total. The Bertz CT molecular complexity index is 706. The third-order valence-corrected chi connectivity index (χ3v) is 4.11. The number of nitrogen functional groups attached to an aromatic ring is 1. The van der Waals surface area contributed by atoms with Crippen LogP contribution in [0.1, 0.15) is 12.8 Å². The van der Waals surface area contributed by atoms with E-state index in [9.17, 15) is 10.2 Å². The van der Waals surface area contributed by atoms with E-state index in [1.54, 1.807) is 11.1 Å². The fourth-order valence-corrected chi connectivity index (χ4v) is 2.96. The van der Waals surface area contributed by atoms with Crippen LogP contribution in [0.15, 0.2) is 18.3 Å². The van der Waals surface area contributed by atoms with Gasteiger partial charge in [-0.25, -0.2) is 9.97 Å². The summed E-state index contributed by atoms with van der Waals surface area (Å²) in [7, 11) is 3.76. The summed E-state index contributed by atoms with van der Waals surface area (Å²) in [6.07, 6.45) is 3.05. The van der Waals surface area contributed by atoms with Gasteiger partial charge in [-0.1, -0.05) is 0 Å². The van der Waals surface area contributed by atoms with Gasteiger partial charge in [-0.2, -0.15) is 0 Å². The van der Waals surface area contributed by atoms with E-state index in [1.807, 2.05) is 31.1 Å². The summed E-state index contributed by atoms with van der Waals surface area (Å²) < 4.78 is 0. The second-order valence-corrected chi connectivity index (χ2v) is 5.93. The lowest BCUT2D eigenvalue weighted by molar-refractivity contribution is -0.00501. The Hall–Kier alpha value is -2.12. The molecule has 0 spiro atoms. The van der Waals surface area contributed by atoms with Crippen LogP contribution in [0.2, 0.25) is 0 Å². The first kappa shape index (κ1) is 14.8. The number of aliphatic hydroxyl groups excluding tert-OH is 1. The largest absolute Gasteiger partial charge is 0.396 e. The molecule has 118 valence electrons. The molecule has 0 aromatic carbocycles. The molecular weight excluding hydrogens is 282 g/mol. The van der Waals surface area contributed by atoms with E-state index in [1.165, 1.54) is 0 Å². The molecular formula is C15H21N5O2. The van der Waals surface area contributed by atoms with Gasteiger partial charge in [-0.3, -0.25) is 0 Å². The molecule has 22 heavy (non-hydrogen) atoms. The van der Waals surface area contributed by atoms with Crippen molar-refractivity contribution in [2.24, 2.45) is 0 Å². The molecule has 1 aliphatic heterocycles. The SMILES string of the molecule is CN(C)c1nc2ncc(N3CCCC3(O)CO)cc2cc1N. The van der Waals surface area contributed by atoms with Gasteiger partial charge in [-0.05, 0) is 25.0 Å². The maximum Gasteiger partial charge on any atom is 0.161 e. The van der Waals surface area contributed by atoms with E-state index < -0.39 is 5.72 Å². The molecule has 2 aromatic rings. The molecule has 1 atom stereocenters. The number of nitrogens with zero attached hydrogens (tertiary/aromatic N) is 4. The molecule has 0 saturated carbocycles. The molecule has 3 rings (SSSR count). The predicted octanol–water partition coefficient (Wildman–Crippen LogP) is 0.559. The molecule has 1 saturated heterocycles. The van der Waals surface area contributed by atoms with Gasteiger partial charge in [-0.15, -0.1) is 0 Å². The van der Waals surface area contributed by atoms with Crippen molar-refractivity contribution in [2.45, 2.75) is 18.6 Å². The number of hydrogen-bond acceptors (Lipinski definition) is 7. The second kappa shape index (κ2) is 5.26. The van der Waals surface area contributed by atoms with Crippen LogP contribution < -0.4 is 15.5 Å². The maximum absolute atomic E-state index is 10.5. The van der Waals surface area contributed by atoms with E-state index in [0.29, 0.717) is 30.1 Å². The van der Waals surface area contributed by atoms with Gasteiger partial charge in [0.15, 0.2) is 17.2 Å². The molecule has 7 heteroatoms. The number of aliphatic hydroxyl groups is 2. The van der Waals surface area contributed by atoms with Gasteiger partial charge < -0.3 is 25.7 Å². The van der Waals surface area contributed by atoms with E-state index in [0.717, 1.165) is 17.5 Å². The summed E-state index contributed by atoms with van der Waals surface area (Å²) in [5.41, 5.74) is 6.77. The normalized spacial score (nSPS) is 21.5. The summed E-state index contributed by atoms with van der Waals surface area (Å²) >= 11 is 0. The molecule has 1 fully saturated rings. The van der Waals surface area contributed by atoms with Crippen LogP contribution in [-0.4, -0.2) is 53.2 Å². The zero-order valence-corrected chi connectivity index (χ0v) is 12.8. The molecule has 1 unspecified atom stereocenters. The average molecular weight is 303 g/mol. The monoisotopic (exact) mass is 303 g/mol. The van der Waals surface area contributed by atoms with Crippen molar-refractivity contribution in [3.8, 4) is 0 Å². The maximum atomic E-state index is 10.5. The Morgan fingerprint density at radius 1 is 1.41 bits per heavy atom. The molecule has 4 N–H and O–H groups in total. The Morgan fingerprint density at radius 2 is 2.18 bits per heavy atom. The molecule has 0 radical (unpaired) electrons. The van der Waals surface area contributed by atoms with Gasteiger partial charge in [0.1, 0.15) is 0 Å². The van der Waals surface area contributed by atoms with Crippen molar-refractivity contribution in [1.82, 2.24) is 9.97 Å². The minimum absolute atomic E-state index is 0.301. The lowest BCUT2D eigenvalue weighted by Crippen LogP contribution is -2.47. The Kier molecular flexibility index (Phi) is 3.54. The quantitative estimate of drug-likeness (QED) is 0.762. The van der Waals surface area contributed by atoms with Crippen LogP contribution in [0.5, 0.6) is 0 Å². The van der Waals surface area contributed by atoms with Crippen LogP contribution in [0.4, 0.5) is 17.2 Å². The first-order valence-corrected chi connectivity index (χ1v) is 7.29. The number of pyridine rings is 2. The Morgan fingerprint density at radius 3 is 2.86 bits per heavy atom. The summed E-state index contributed by atoms with van der Waals surface area (Å²) in [5.74, 6) is 0.681. The van der Waals surface area contributed by atoms with Gasteiger partial charge in [0.25, 0.3) is 0 Å². The highest BCUT2D eigenvalue weighted by Crippen LogP contribution is 2.33. The highest BCUT2D eigenvalue weighted by Gasteiger charge is 2.38. The Balaban J connectivity index is 2.05. The van der Waals surface area contributed by atoms with E-state index in [2.05, 4.69) is 9.97 Å². The van der Waals surface area contributed by atoms with Gasteiger partial charge in [0.05, 0.1) is 24.2 Å². The first-order chi connectivity index (χ1) is 10.4. The number of hydrogen-bond donors (Lipinski definition) is 3. The number of aromatic nitrogens is 2. The third kappa shape index (κ3) is 2.32. The van der Waals surface area contributed by atoms with E-state index in [4.69, 9.17) is 5.73 Å². The molecule has 0 bridgehead atoms. The minimum Gasteiger partial charge on any atom is -0.396 e. The first-order valence-electron chi connectivity index (χ1n) is 7.29. The van der Waals surface area contributed by atoms with Crippen LogP contribution in [0.3, 0.4) is 0 Å². The molecule has 0 amide bonds. The number of rotatable bonds is 3. The lowest BCUT2D eigenvalue weighted by Gasteiger charge is -2.33. The highest BCUT2D eigenvalue weighted by atomic mass is 16.4. The smallest absolute Gasteiger partial charge is 0.161 e. The Labute approximate surface area is 129 Å². The topological polar surface area (TPSA) is 98.7 Å². The van der Waals surface area contributed by atoms with Crippen molar-refractivity contribution >= 4 is 28.2 Å². The van der Waals surface area contributed by atoms with Gasteiger partial charge in [0.2, 0.25) is 0 Å². The van der Waals surface area contributed by atoms with Crippen molar-refractivity contribution in [3.05, 3.63) is 18.3 Å². The second-order valence-electron chi connectivity index (χ2n) is 5.93. The summed E-state index contributed by atoms with van der Waals surface area (Å²) in [6.45, 7) is 0.383. The number of nitrogens with two attached hydrogens (primary N) is 1. The van der Waals surface area contributed by atoms with E-state index in [-0.39, 0.29) is 6.61 Å². The third-order valence-electron chi connectivity index (χ3n) is 4.11. The summed E-state index contributed by atoms with van der Waals surface area (Å²) in [6, 6.07) is 3.74. The van der Waals surface area contributed by atoms with Crippen molar-refractivity contribution in [2.75, 3.05) is 42.8 Å². The highest BCUT2D eigenvalue weighted by molar-refractivity contribution is 5.85. The van der Waals surface area contributed by atoms with Crippen molar-refractivity contribution < 1.29 is 10.2 Å². The predicted molar refractivity (Wildman–Crippen MR) is 86.9 cm³/mol. The molecule has 0 aliphatic carbocycles. The zero-order valence-electron chi connectivity index (χ0n) is 12.8. The lowest BCUT2D eigenvalue weighted by atomic mass is 10.1. The van der Waals surface area contributed by atoms with Gasteiger partial charge >= 0.3 is 0 Å². The van der Waals surface area contributed by atoms with Gasteiger partial charge in [0, 0.05) is 26.0 Å². The van der Waals surface area contributed by atoms with E-state index >= 15 is 0 Å². The average Bonchev–Trinajstić information content (AvgIpc) is 2.88. The van der Waals surface area contributed by atoms with Crippen LogP contribution in [0, 0.1) is 0 Å². The van der Waals surface area contributed by atoms with Crippen molar-refractivity contribution in [3.63, 3.8) is 0 Å². The molecule has 1 aliphatic rings. The molecule has 3 heterocycles. The number of anilines is 3.